The molecular weight excluding hydrogens is 180 g/mol. The second kappa shape index (κ2) is 4.84. The molecule has 0 unspecified atom stereocenters. The van der Waals surface area contributed by atoms with E-state index < -0.39 is 5.97 Å². The fraction of sp³-hybridized carbons (Fsp3) is 0.545. The van der Waals surface area contributed by atoms with Crippen LogP contribution in [-0.2, 0) is 11.2 Å². The minimum atomic E-state index is -0.718. The van der Waals surface area contributed by atoms with Gasteiger partial charge in [-0.25, -0.2) is 0 Å². The molecule has 1 rings (SSSR count). The number of aryl methyl sites for hydroxylation is 3. The monoisotopic (exact) mass is 196 g/mol. The second-order valence-corrected chi connectivity index (χ2v) is 3.54. The largest absolute Gasteiger partial charge is 0.481 e. The SMILES string of the molecule is Cc1cc(CCCCC(=O)O)c(C)o1. The molecule has 0 amide bonds. The summed E-state index contributed by atoms with van der Waals surface area (Å²) < 4.78 is 5.38. The molecule has 0 bridgehead atoms. The van der Waals surface area contributed by atoms with Crippen LogP contribution in [0.5, 0.6) is 0 Å². The zero-order chi connectivity index (χ0) is 10.6. The van der Waals surface area contributed by atoms with Crippen LogP contribution in [0.25, 0.3) is 0 Å². The first-order chi connectivity index (χ1) is 6.59. The van der Waals surface area contributed by atoms with E-state index in [1.54, 1.807) is 0 Å². The Hall–Kier alpha value is -1.25. The van der Waals surface area contributed by atoms with Crippen LogP contribution in [-0.4, -0.2) is 11.1 Å². The van der Waals surface area contributed by atoms with Crippen molar-refractivity contribution >= 4 is 5.97 Å². The van der Waals surface area contributed by atoms with Crippen LogP contribution in [0.3, 0.4) is 0 Å². The van der Waals surface area contributed by atoms with Gasteiger partial charge in [-0.3, -0.25) is 4.79 Å². The highest BCUT2D eigenvalue weighted by atomic mass is 16.4. The first kappa shape index (κ1) is 10.8. The van der Waals surface area contributed by atoms with Crippen molar-refractivity contribution in [1.29, 1.82) is 0 Å². The highest BCUT2D eigenvalue weighted by Crippen LogP contribution is 2.16. The molecule has 0 saturated carbocycles. The lowest BCUT2D eigenvalue weighted by atomic mass is 10.1. The number of hydrogen-bond donors (Lipinski definition) is 1. The maximum absolute atomic E-state index is 10.3. The van der Waals surface area contributed by atoms with Crippen molar-refractivity contribution in [3.8, 4) is 0 Å². The lowest BCUT2D eigenvalue weighted by Crippen LogP contribution is -1.94. The highest BCUT2D eigenvalue weighted by Gasteiger charge is 2.04. The number of furan rings is 1. The van der Waals surface area contributed by atoms with Gasteiger partial charge >= 0.3 is 5.97 Å². The normalized spacial score (nSPS) is 10.4. The van der Waals surface area contributed by atoms with Crippen LogP contribution >= 0.6 is 0 Å². The number of unbranched alkanes of at least 4 members (excludes halogenated alkanes) is 1. The number of carboxylic acid groups (broad SMARTS) is 1. The maximum Gasteiger partial charge on any atom is 0.303 e. The van der Waals surface area contributed by atoms with Crippen molar-refractivity contribution in [1.82, 2.24) is 0 Å². The molecule has 1 aromatic heterocycles. The lowest BCUT2D eigenvalue weighted by molar-refractivity contribution is -0.137. The fourth-order valence-electron chi connectivity index (χ4n) is 1.52. The predicted octanol–water partition coefficient (Wildman–Crippen LogP) is 2.69. The van der Waals surface area contributed by atoms with Crippen molar-refractivity contribution in [2.24, 2.45) is 0 Å². The molecule has 0 atom stereocenters. The molecule has 0 fully saturated rings. The average molecular weight is 196 g/mol. The number of hydrogen-bond acceptors (Lipinski definition) is 2. The van der Waals surface area contributed by atoms with E-state index in [-0.39, 0.29) is 6.42 Å². The predicted molar refractivity (Wildman–Crippen MR) is 53.4 cm³/mol. The molecule has 0 aromatic carbocycles. The first-order valence-electron chi connectivity index (χ1n) is 4.87. The standard InChI is InChI=1S/C11H16O3/c1-8-7-10(9(2)14-8)5-3-4-6-11(12)13/h7H,3-6H2,1-2H3,(H,12,13). The maximum atomic E-state index is 10.3. The number of carboxylic acids is 1. The van der Waals surface area contributed by atoms with Crippen molar-refractivity contribution in [3.63, 3.8) is 0 Å². The summed E-state index contributed by atoms with van der Waals surface area (Å²) in [5.74, 6) is 1.17. The van der Waals surface area contributed by atoms with E-state index in [0.717, 1.165) is 30.8 Å². The first-order valence-corrected chi connectivity index (χ1v) is 4.87. The van der Waals surface area contributed by atoms with Gasteiger partial charge in [-0.05, 0) is 44.7 Å². The van der Waals surface area contributed by atoms with Crippen LogP contribution in [0.2, 0.25) is 0 Å². The molecular formula is C11H16O3. The van der Waals surface area contributed by atoms with Crippen LogP contribution in [0.1, 0.15) is 36.3 Å². The Kier molecular flexibility index (Phi) is 3.74. The smallest absolute Gasteiger partial charge is 0.303 e. The van der Waals surface area contributed by atoms with Crippen molar-refractivity contribution in [2.45, 2.75) is 39.5 Å². The topological polar surface area (TPSA) is 50.4 Å². The number of aliphatic carboxylic acids is 1. The quantitative estimate of drug-likeness (QED) is 0.736. The van der Waals surface area contributed by atoms with Crippen molar-refractivity contribution in [3.05, 3.63) is 23.2 Å². The summed E-state index contributed by atoms with van der Waals surface area (Å²) in [5.41, 5.74) is 1.20. The Bertz CT molecular complexity index is 312. The Labute approximate surface area is 83.7 Å². The number of carbonyl (C=O) groups is 1. The summed E-state index contributed by atoms with van der Waals surface area (Å²) in [6.45, 7) is 3.87. The van der Waals surface area contributed by atoms with Crippen LogP contribution in [0, 0.1) is 13.8 Å². The van der Waals surface area contributed by atoms with E-state index in [1.807, 2.05) is 19.9 Å². The molecule has 1 heterocycles. The van der Waals surface area contributed by atoms with Gasteiger partial charge in [0.1, 0.15) is 11.5 Å². The molecule has 0 spiro atoms. The highest BCUT2D eigenvalue weighted by molar-refractivity contribution is 5.66. The summed E-state index contributed by atoms with van der Waals surface area (Å²) in [7, 11) is 0. The van der Waals surface area contributed by atoms with Crippen LogP contribution in [0.4, 0.5) is 0 Å². The van der Waals surface area contributed by atoms with Gasteiger partial charge in [-0.2, -0.15) is 0 Å². The van der Waals surface area contributed by atoms with Gasteiger partial charge in [0, 0.05) is 6.42 Å². The Balaban J connectivity index is 2.31. The third-order valence-electron chi connectivity index (χ3n) is 2.23. The lowest BCUT2D eigenvalue weighted by Gasteiger charge is -1.97. The third-order valence-corrected chi connectivity index (χ3v) is 2.23. The van der Waals surface area contributed by atoms with Crippen molar-refractivity contribution < 1.29 is 14.3 Å². The molecule has 0 aliphatic carbocycles. The summed E-state index contributed by atoms with van der Waals surface area (Å²) in [6, 6.07) is 2.02. The molecule has 1 N–H and O–H groups in total. The van der Waals surface area contributed by atoms with E-state index >= 15 is 0 Å². The van der Waals surface area contributed by atoms with Gasteiger partial charge in [-0.15, -0.1) is 0 Å². The number of rotatable bonds is 5. The summed E-state index contributed by atoms with van der Waals surface area (Å²) in [6.07, 6.45) is 2.82. The molecule has 14 heavy (non-hydrogen) atoms. The molecule has 1 aromatic rings. The summed E-state index contributed by atoms with van der Waals surface area (Å²) in [5, 5.41) is 8.45. The van der Waals surface area contributed by atoms with Gasteiger partial charge in [0.2, 0.25) is 0 Å². The summed E-state index contributed by atoms with van der Waals surface area (Å²) in [4.78, 5) is 10.3. The van der Waals surface area contributed by atoms with Gasteiger partial charge in [0.05, 0.1) is 0 Å². The Morgan fingerprint density at radius 1 is 1.43 bits per heavy atom. The Morgan fingerprint density at radius 2 is 2.14 bits per heavy atom. The van der Waals surface area contributed by atoms with E-state index in [1.165, 1.54) is 5.56 Å². The van der Waals surface area contributed by atoms with Gasteiger partial charge in [0.15, 0.2) is 0 Å². The molecule has 0 radical (unpaired) electrons. The average Bonchev–Trinajstić information content (AvgIpc) is 2.39. The van der Waals surface area contributed by atoms with Crippen molar-refractivity contribution in [2.75, 3.05) is 0 Å². The second-order valence-electron chi connectivity index (χ2n) is 3.54. The van der Waals surface area contributed by atoms with Gasteiger partial charge in [-0.1, -0.05) is 0 Å². The summed E-state index contributed by atoms with van der Waals surface area (Å²) >= 11 is 0. The third kappa shape index (κ3) is 3.24. The molecule has 0 saturated heterocycles. The van der Waals surface area contributed by atoms with Gasteiger partial charge in [0.25, 0.3) is 0 Å². The molecule has 78 valence electrons. The molecule has 0 aliphatic rings. The molecule has 3 nitrogen and oxygen atoms in total. The van der Waals surface area contributed by atoms with E-state index in [0.29, 0.717) is 0 Å². The van der Waals surface area contributed by atoms with E-state index in [2.05, 4.69) is 0 Å². The van der Waals surface area contributed by atoms with Gasteiger partial charge < -0.3 is 9.52 Å². The minimum Gasteiger partial charge on any atom is -0.481 e. The van der Waals surface area contributed by atoms with E-state index in [9.17, 15) is 4.79 Å². The zero-order valence-corrected chi connectivity index (χ0v) is 8.67. The zero-order valence-electron chi connectivity index (χ0n) is 8.67. The van der Waals surface area contributed by atoms with E-state index in [4.69, 9.17) is 9.52 Å². The fourth-order valence-corrected chi connectivity index (χ4v) is 1.52. The van der Waals surface area contributed by atoms with Crippen LogP contribution < -0.4 is 0 Å². The Morgan fingerprint density at radius 3 is 2.64 bits per heavy atom. The molecule has 3 heteroatoms. The molecule has 0 aliphatic heterocycles. The van der Waals surface area contributed by atoms with Crippen LogP contribution in [0.15, 0.2) is 10.5 Å². The minimum absolute atomic E-state index is 0.260.